The third-order valence-corrected chi connectivity index (χ3v) is 7.77. The first-order chi connectivity index (χ1) is 13.2. The lowest BCUT2D eigenvalue weighted by molar-refractivity contribution is -0.956. The van der Waals surface area contributed by atoms with Crippen LogP contribution in [0.2, 0.25) is 0 Å². The fourth-order valence-electron chi connectivity index (χ4n) is 5.61. The minimum atomic E-state index is 0.904. The van der Waals surface area contributed by atoms with E-state index < -0.39 is 0 Å². The quantitative estimate of drug-likeness (QED) is 0.165. The van der Waals surface area contributed by atoms with E-state index in [0.717, 1.165) is 12.1 Å². The molecule has 0 aromatic carbocycles. The van der Waals surface area contributed by atoms with E-state index in [9.17, 15) is 0 Å². The van der Waals surface area contributed by atoms with E-state index >= 15 is 0 Å². The van der Waals surface area contributed by atoms with Crippen LogP contribution in [0.15, 0.2) is 0 Å². The van der Waals surface area contributed by atoms with Crippen molar-refractivity contribution in [1.29, 1.82) is 0 Å². The highest BCUT2D eigenvalue weighted by atomic mass is 15.4. The molecule has 2 atom stereocenters. The van der Waals surface area contributed by atoms with Crippen molar-refractivity contribution < 1.29 is 4.48 Å². The molecule has 1 rings (SSSR count). The van der Waals surface area contributed by atoms with Gasteiger partial charge in [-0.2, -0.15) is 0 Å². The van der Waals surface area contributed by atoms with Crippen LogP contribution in [0.1, 0.15) is 143 Å². The Bertz CT molecular complexity index is 314. The van der Waals surface area contributed by atoms with E-state index in [2.05, 4.69) is 27.7 Å². The molecule has 0 radical (unpaired) electrons. The summed E-state index contributed by atoms with van der Waals surface area (Å²) in [6, 6.07) is 1.81. The first-order valence-electron chi connectivity index (χ1n) is 13.0. The summed E-state index contributed by atoms with van der Waals surface area (Å²) in [6.07, 6.45) is 26.4. The molecule has 1 heteroatoms. The molecule has 0 aliphatic carbocycles. The Balaban J connectivity index is 1.84. The molecule has 0 amide bonds. The molecule has 0 saturated carbocycles. The van der Waals surface area contributed by atoms with Gasteiger partial charge in [0, 0.05) is 12.8 Å². The molecular formula is C26H54N+. The Morgan fingerprint density at radius 2 is 0.852 bits per heavy atom. The second-order valence-corrected chi connectivity index (χ2v) is 9.72. The van der Waals surface area contributed by atoms with Crippen molar-refractivity contribution in [2.75, 3.05) is 13.1 Å². The predicted molar refractivity (Wildman–Crippen MR) is 123 cm³/mol. The number of hydrogen-bond acceptors (Lipinski definition) is 0. The van der Waals surface area contributed by atoms with Crippen LogP contribution in [0, 0.1) is 0 Å². The monoisotopic (exact) mass is 380 g/mol. The van der Waals surface area contributed by atoms with Crippen LogP contribution in [-0.4, -0.2) is 29.7 Å². The maximum Gasteiger partial charge on any atom is 0.0866 e. The number of hydrogen-bond donors (Lipinski definition) is 0. The summed E-state index contributed by atoms with van der Waals surface area (Å²) < 4.78 is 1.42. The standard InChI is InChI=1S/C26H54N/c1-5-7-8-9-10-11-12-13-14-15-16-17-18-19-20-21-24-27(6-2)25(3)22-23-26(27)4/h25-26H,5-24H2,1-4H3/q+1/t25-,26-/m1/s1. The van der Waals surface area contributed by atoms with E-state index in [0.29, 0.717) is 0 Å². The lowest BCUT2D eigenvalue weighted by Crippen LogP contribution is -2.55. The summed E-state index contributed by atoms with van der Waals surface area (Å²) in [5.74, 6) is 0. The van der Waals surface area contributed by atoms with Crippen LogP contribution in [0.3, 0.4) is 0 Å². The lowest BCUT2D eigenvalue weighted by Gasteiger charge is -2.42. The number of unbranched alkanes of at least 4 members (excludes halogenated alkanes) is 15. The summed E-state index contributed by atoms with van der Waals surface area (Å²) in [4.78, 5) is 0. The van der Waals surface area contributed by atoms with Crippen LogP contribution in [0.25, 0.3) is 0 Å². The Morgan fingerprint density at radius 3 is 1.19 bits per heavy atom. The summed E-state index contributed by atoms with van der Waals surface area (Å²) in [5, 5.41) is 0. The molecule has 1 heterocycles. The van der Waals surface area contributed by atoms with Crippen molar-refractivity contribution in [1.82, 2.24) is 0 Å². The zero-order valence-electron chi connectivity index (χ0n) is 19.7. The zero-order valence-corrected chi connectivity index (χ0v) is 19.7. The van der Waals surface area contributed by atoms with Crippen molar-refractivity contribution in [3.63, 3.8) is 0 Å². The molecule has 0 aromatic rings. The SMILES string of the molecule is CCCCCCCCCCCCCCCCCC[N+]1(CC)[C@H](C)CC[C@H]1C. The highest BCUT2D eigenvalue weighted by Crippen LogP contribution is 2.33. The van der Waals surface area contributed by atoms with Gasteiger partial charge in [0.2, 0.25) is 0 Å². The number of likely N-dealkylation sites (tertiary alicyclic amines) is 1. The Hall–Kier alpha value is -0.0400. The highest BCUT2D eigenvalue weighted by Gasteiger charge is 2.42. The van der Waals surface area contributed by atoms with Crippen molar-refractivity contribution >= 4 is 0 Å². The second kappa shape index (κ2) is 15.8. The Kier molecular flexibility index (Phi) is 14.7. The molecule has 1 nitrogen and oxygen atoms in total. The third kappa shape index (κ3) is 9.82. The number of quaternary nitrogens is 1. The van der Waals surface area contributed by atoms with E-state index in [1.165, 1.54) is 133 Å². The lowest BCUT2D eigenvalue weighted by atomic mass is 10.0. The largest absolute Gasteiger partial charge is 0.319 e. The smallest absolute Gasteiger partial charge is 0.0866 e. The van der Waals surface area contributed by atoms with Gasteiger partial charge in [-0.3, -0.25) is 0 Å². The van der Waals surface area contributed by atoms with Gasteiger partial charge in [-0.05, 0) is 33.6 Å². The number of rotatable bonds is 18. The topological polar surface area (TPSA) is 0 Å². The van der Waals surface area contributed by atoms with Gasteiger partial charge in [0.25, 0.3) is 0 Å². The van der Waals surface area contributed by atoms with E-state index in [1.807, 2.05) is 0 Å². The van der Waals surface area contributed by atoms with Crippen molar-refractivity contribution in [3.05, 3.63) is 0 Å². The molecule has 0 spiro atoms. The molecule has 0 unspecified atom stereocenters. The van der Waals surface area contributed by atoms with Gasteiger partial charge in [0.05, 0.1) is 25.2 Å². The summed E-state index contributed by atoms with van der Waals surface area (Å²) in [7, 11) is 0. The average molecular weight is 381 g/mol. The fourth-order valence-corrected chi connectivity index (χ4v) is 5.61. The van der Waals surface area contributed by atoms with Crippen LogP contribution in [0.5, 0.6) is 0 Å². The normalized spacial score (nSPS) is 21.8. The molecule has 0 N–H and O–H groups in total. The predicted octanol–water partition coefficient (Wildman–Crippen LogP) is 8.66. The van der Waals surface area contributed by atoms with E-state index in [-0.39, 0.29) is 0 Å². The zero-order chi connectivity index (χ0) is 19.8. The number of nitrogens with zero attached hydrogens (tertiary/aromatic N) is 1. The van der Waals surface area contributed by atoms with E-state index in [1.54, 1.807) is 0 Å². The summed E-state index contributed by atoms with van der Waals surface area (Å²) in [5.41, 5.74) is 0. The minimum absolute atomic E-state index is 0.904. The van der Waals surface area contributed by atoms with Crippen molar-refractivity contribution in [2.45, 2.75) is 155 Å². The maximum atomic E-state index is 2.50. The molecule has 1 aliphatic heterocycles. The summed E-state index contributed by atoms with van der Waals surface area (Å²) in [6.45, 7) is 12.5. The van der Waals surface area contributed by atoms with Gasteiger partial charge in [0.15, 0.2) is 0 Å². The van der Waals surface area contributed by atoms with Gasteiger partial charge in [-0.1, -0.05) is 96.8 Å². The van der Waals surface area contributed by atoms with Gasteiger partial charge >= 0.3 is 0 Å². The molecule has 1 aliphatic rings. The van der Waals surface area contributed by atoms with Crippen LogP contribution < -0.4 is 0 Å². The van der Waals surface area contributed by atoms with Crippen LogP contribution in [0.4, 0.5) is 0 Å². The van der Waals surface area contributed by atoms with Gasteiger partial charge in [-0.25, -0.2) is 0 Å². The molecule has 162 valence electrons. The second-order valence-electron chi connectivity index (χ2n) is 9.72. The Morgan fingerprint density at radius 1 is 0.519 bits per heavy atom. The maximum absolute atomic E-state index is 2.50. The van der Waals surface area contributed by atoms with Gasteiger partial charge in [-0.15, -0.1) is 0 Å². The first kappa shape index (κ1) is 25.0. The molecule has 27 heavy (non-hydrogen) atoms. The highest BCUT2D eigenvalue weighted by molar-refractivity contribution is 4.70. The minimum Gasteiger partial charge on any atom is -0.319 e. The van der Waals surface area contributed by atoms with Crippen LogP contribution >= 0.6 is 0 Å². The third-order valence-electron chi connectivity index (χ3n) is 7.77. The fraction of sp³-hybridized carbons (Fsp3) is 1.00. The van der Waals surface area contributed by atoms with Gasteiger partial charge < -0.3 is 4.48 Å². The first-order valence-corrected chi connectivity index (χ1v) is 13.0. The average Bonchev–Trinajstić information content (AvgIpc) is 2.96. The molecule has 0 aromatic heterocycles. The van der Waals surface area contributed by atoms with Gasteiger partial charge in [0.1, 0.15) is 0 Å². The molecular weight excluding hydrogens is 326 g/mol. The summed E-state index contributed by atoms with van der Waals surface area (Å²) >= 11 is 0. The molecule has 1 saturated heterocycles. The van der Waals surface area contributed by atoms with E-state index in [4.69, 9.17) is 0 Å². The Labute approximate surface area is 173 Å². The molecule has 0 bridgehead atoms. The van der Waals surface area contributed by atoms with Crippen molar-refractivity contribution in [3.8, 4) is 0 Å². The van der Waals surface area contributed by atoms with Crippen LogP contribution in [-0.2, 0) is 0 Å². The molecule has 1 fully saturated rings. The van der Waals surface area contributed by atoms with Crippen molar-refractivity contribution in [2.24, 2.45) is 0 Å².